The number of hydrogen-bond acceptors (Lipinski definition) is 2. The largest absolute Gasteiger partial charge is 0.386 e. The first-order valence-corrected chi connectivity index (χ1v) is 9.86. The number of nitrogens with zero attached hydrogens (tertiary/aromatic N) is 2. The molecular weight excluding hydrogens is 332 g/mol. The van der Waals surface area contributed by atoms with Gasteiger partial charge in [0.25, 0.3) is 0 Å². The van der Waals surface area contributed by atoms with E-state index in [2.05, 4.69) is 22.5 Å². The van der Waals surface area contributed by atoms with Gasteiger partial charge < -0.3 is 9.67 Å². The Hall–Kier alpha value is -1.32. The molecule has 4 aliphatic carbocycles. The molecule has 0 saturated heterocycles. The van der Waals surface area contributed by atoms with Crippen molar-refractivity contribution in [3.05, 3.63) is 53.6 Å². The van der Waals surface area contributed by atoms with Crippen LogP contribution in [0.5, 0.6) is 0 Å². The van der Waals surface area contributed by atoms with Crippen molar-refractivity contribution >= 4 is 11.6 Å². The molecule has 3 nitrogen and oxygen atoms in total. The molecule has 0 amide bonds. The lowest BCUT2D eigenvalue weighted by atomic mass is 9.45. The van der Waals surface area contributed by atoms with Crippen LogP contribution in [0.2, 0.25) is 5.02 Å². The molecule has 1 heterocycles. The second-order valence-electron chi connectivity index (χ2n) is 8.68. The number of imidazole rings is 1. The SMILES string of the molecule is CC(c1cccc(Cl)c1)(n1ccnc1)C1(O)C2CC3CC(C2)CC1C3. The maximum absolute atomic E-state index is 12.3. The maximum atomic E-state index is 12.3. The van der Waals surface area contributed by atoms with Gasteiger partial charge in [0, 0.05) is 17.4 Å². The molecule has 4 fully saturated rings. The van der Waals surface area contributed by atoms with Gasteiger partial charge in [-0.25, -0.2) is 4.98 Å². The van der Waals surface area contributed by atoms with Gasteiger partial charge >= 0.3 is 0 Å². The molecule has 4 aliphatic rings. The van der Waals surface area contributed by atoms with E-state index in [1.807, 2.05) is 36.9 Å². The molecule has 6 rings (SSSR count). The van der Waals surface area contributed by atoms with Crippen LogP contribution < -0.4 is 0 Å². The van der Waals surface area contributed by atoms with E-state index >= 15 is 0 Å². The zero-order valence-electron chi connectivity index (χ0n) is 14.6. The van der Waals surface area contributed by atoms with Crippen molar-refractivity contribution in [2.45, 2.75) is 50.2 Å². The van der Waals surface area contributed by atoms with Crippen LogP contribution in [0.15, 0.2) is 43.0 Å². The molecule has 1 unspecified atom stereocenters. The lowest BCUT2D eigenvalue weighted by Gasteiger charge is -2.64. The molecule has 25 heavy (non-hydrogen) atoms. The number of rotatable bonds is 3. The summed E-state index contributed by atoms with van der Waals surface area (Å²) in [6.07, 6.45) is 11.7. The number of aromatic nitrogens is 2. The lowest BCUT2D eigenvalue weighted by Crippen LogP contribution is -2.68. The van der Waals surface area contributed by atoms with Crippen molar-refractivity contribution in [1.29, 1.82) is 0 Å². The number of halogens is 1. The second-order valence-corrected chi connectivity index (χ2v) is 9.12. The van der Waals surface area contributed by atoms with Crippen LogP contribution >= 0.6 is 11.6 Å². The van der Waals surface area contributed by atoms with Crippen LogP contribution in [0.1, 0.15) is 44.6 Å². The van der Waals surface area contributed by atoms with Gasteiger partial charge in [-0.1, -0.05) is 23.7 Å². The van der Waals surface area contributed by atoms with E-state index in [9.17, 15) is 5.11 Å². The first-order chi connectivity index (χ1) is 12.0. The Bertz CT molecular complexity index is 759. The lowest BCUT2D eigenvalue weighted by molar-refractivity contribution is -0.215. The summed E-state index contributed by atoms with van der Waals surface area (Å²) in [7, 11) is 0. The third-order valence-electron chi connectivity index (χ3n) is 7.57. The normalized spacial score (nSPS) is 38.7. The van der Waals surface area contributed by atoms with Crippen molar-refractivity contribution in [2.24, 2.45) is 23.7 Å². The summed E-state index contributed by atoms with van der Waals surface area (Å²) >= 11 is 6.34. The predicted octanol–water partition coefficient (Wildman–Crippen LogP) is 4.49. The highest BCUT2D eigenvalue weighted by Crippen LogP contribution is 2.63. The molecule has 2 aromatic rings. The monoisotopic (exact) mass is 356 g/mol. The van der Waals surface area contributed by atoms with Crippen molar-refractivity contribution in [2.75, 3.05) is 0 Å². The minimum atomic E-state index is -0.758. The van der Waals surface area contributed by atoms with Gasteiger partial charge in [0.15, 0.2) is 0 Å². The van der Waals surface area contributed by atoms with E-state index in [4.69, 9.17) is 11.6 Å². The zero-order valence-corrected chi connectivity index (χ0v) is 15.4. The van der Waals surface area contributed by atoms with Crippen LogP contribution in [-0.2, 0) is 5.54 Å². The number of hydrogen-bond donors (Lipinski definition) is 1. The first kappa shape index (κ1) is 15.9. The molecule has 4 heteroatoms. The van der Waals surface area contributed by atoms with E-state index in [1.165, 1.54) is 6.42 Å². The molecule has 4 saturated carbocycles. The molecule has 132 valence electrons. The molecular formula is C21H25ClN2O. The van der Waals surface area contributed by atoms with E-state index < -0.39 is 11.1 Å². The fraction of sp³-hybridized carbons (Fsp3) is 0.571. The van der Waals surface area contributed by atoms with Gasteiger partial charge in [0.2, 0.25) is 0 Å². The van der Waals surface area contributed by atoms with Crippen molar-refractivity contribution in [3.8, 4) is 0 Å². The van der Waals surface area contributed by atoms with Crippen LogP contribution in [-0.4, -0.2) is 20.3 Å². The topological polar surface area (TPSA) is 38.0 Å². The Morgan fingerprint density at radius 2 is 1.84 bits per heavy atom. The molecule has 0 spiro atoms. The second kappa shape index (κ2) is 5.34. The smallest absolute Gasteiger partial charge is 0.0977 e. The van der Waals surface area contributed by atoms with Crippen LogP contribution in [0.3, 0.4) is 0 Å². The Labute approximate surface area is 154 Å². The summed E-state index contributed by atoms with van der Waals surface area (Å²) in [6.45, 7) is 2.18. The van der Waals surface area contributed by atoms with Gasteiger partial charge in [-0.2, -0.15) is 0 Å². The van der Waals surface area contributed by atoms with E-state index in [0.717, 1.165) is 48.1 Å². The average Bonchev–Trinajstić information content (AvgIpc) is 3.13. The minimum absolute atomic E-state index is 0.357. The predicted molar refractivity (Wildman–Crippen MR) is 98.4 cm³/mol. The Kier molecular flexibility index (Phi) is 3.40. The third kappa shape index (κ3) is 2.06. The Balaban J connectivity index is 1.71. The number of aliphatic hydroxyl groups is 1. The summed E-state index contributed by atoms with van der Waals surface area (Å²) in [5.74, 6) is 2.34. The maximum Gasteiger partial charge on any atom is 0.0977 e. The van der Waals surface area contributed by atoms with Crippen molar-refractivity contribution < 1.29 is 5.11 Å². The van der Waals surface area contributed by atoms with Gasteiger partial charge in [-0.05, 0) is 80.4 Å². The molecule has 1 N–H and O–H groups in total. The standard InChI is InChI=1S/C21H25ClN2O/c1-20(24-6-5-23-13-24,16-3-2-4-19(22)12-16)21(25)17-8-14-7-15(10-17)11-18(21)9-14/h2-6,12-15,17-18,25H,7-11H2,1H3. The fourth-order valence-electron chi connectivity index (χ4n) is 6.60. The highest BCUT2D eigenvalue weighted by atomic mass is 35.5. The van der Waals surface area contributed by atoms with Crippen LogP contribution in [0.25, 0.3) is 0 Å². The minimum Gasteiger partial charge on any atom is -0.386 e. The molecule has 0 aliphatic heterocycles. The fourth-order valence-corrected chi connectivity index (χ4v) is 6.79. The Morgan fingerprint density at radius 1 is 1.16 bits per heavy atom. The summed E-state index contributed by atoms with van der Waals surface area (Å²) in [5, 5.41) is 13.1. The Morgan fingerprint density at radius 3 is 2.40 bits per heavy atom. The van der Waals surface area contributed by atoms with Crippen LogP contribution in [0, 0.1) is 23.7 Å². The average molecular weight is 357 g/mol. The van der Waals surface area contributed by atoms with Gasteiger partial charge in [0.1, 0.15) is 0 Å². The molecule has 1 atom stereocenters. The summed E-state index contributed by atoms with van der Waals surface area (Å²) < 4.78 is 2.11. The zero-order chi connectivity index (χ0) is 17.2. The highest BCUT2D eigenvalue weighted by Gasteiger charge is 2.64. The molecule has 1 aromatic heterocycles. The molecule has 0 radical (unpaired) electrons. The van der Waals surface area contributed by atoms with Gasteiger partial charge in [-0.3, -0.25) is 0 Å². The third-order valence-corrected chi connectivity index (χ3v) is 7.81. The van der Waals surface area contributed by atoms with Crippen molar-refractivity contribution in [1.82, 2.24) is 9.55 Å². The van der Waals surface area contributed by atoms with Gasteiger partial charge in [0.05, 0.1) is 17.5 Å². The molecule has 4 bridgehead atoms. The summed E-state index contributed by atoms with van der Waals surface area (Å²) in [5.41, 5.74) is -0.240. The van der Waals surface area contributed by atoms with Crippen LogP contribution in [0.4, 0.5) is 0 Å². The molecule has 1 aromatic carbocycles. The number of benzene rings is 1. The van der Waals surface area contributed by atoms with E-state index in [1.54, 1.807) is 0 Å². The summed E-state index contributed by atoms with van der Waals surface area (Å²) in [6, 6.07) is 8.02. The van der Waals surface area contributed by atoms with Gasteiger partial charge in [-0.15, -0.1) is 0 Å². The first-order valence-electron chi connectivity index (χ1n) is 9.48. The van der Waals surface area contributed by atoms with E-state index in [0.29, 0.717) is 11.8 Å². The van der Waals surface area contributed by atoms with Crippen molar-refractivity contribution in [3.63, 3.8) is 0 Å². The summed E-state index contributed by atoms with van der Waals surface area (Å²) in [4.78, 5) is 4.30. The quantitative estimate of drug-likeness (QED) is 0.880. The van der Waals surface area contributed by atoms with E-state index in [-0.39, 0.29) is 0 Å². The highest BCUT2D eigenvalue weighted by molar-refractivity contribution is 6.30.